The lowest BCUT2D eigenvalue weighted by molar-refractivity contribution is 0.416. The Morgan fingerprint density at radius 1 is 1.29 bits per heavy atom. The Balaban J connectivity index is 1.82. The molecule has 1 aromatic carbocycles. The minimum Gasteiger partial charge on any atom is -0.311 e. The molecule has 17 heavy (non-hydrogen) atoms. The Bertz CT molecular complexity index is 369. The molecule has 0 fully saturated rings. The smallest absolute Gasteiger partial charge is 0.0175 e. The molecule has 0 amide bonds. The molecule has 0 aromatic heterocycles. The van der Waals surface area contributed by atoms with Gasteiger partial charge in [0.1, 0.15) is 0 Å². The number of rotatable bonds is 4. The third-order valence-corrected chi connectivity index (χ3v) is 3.77. The molecule has 0 radical (unpaired) electrons. The highest BCUT2D eigenvalue weighted by atomic mass is 79.9. The highest BCUT2D eigenvalue weighted by Crippen LogP contribution is 2.14. The summed E-state index contributed by atoms with van der Waals surface area (Å²) in [6.07, 6.45) is 9.38. The van der Waals surface area contributed by atoms with Crippen molar-refractivity contribution in [1.82, 2.24) is 5.32 Å². The molecule has 2 heteroatoms. The van der Waals surface area contributed by atoms with Gasteiger partial charge in [-0.25, -0.2) is 0 Å². The zero-order valence-electron chi connectivity index (χ0n) is 10.3. The molecule has 1 aliphatic carbocycles. The lowest BCUT2D eigenvalue weighted by atomic mass is 9.99. The van der Waals surface area contributed by atoms with E-state index in [2.05, 4.69) is 64.6 Å². The van der Waals surface area contributed by atoms with Crippen molar-refractivity contribution in [2.45, 2.75) is 44.7 Å². The van der Waals surface area contributed by atoms with Gasteiger partial charge in [0, 0.05) is 16.6 Å². The summed E-state index contributed by atoms with van der Waals surface area (Å²) in [5.41, 5.74) is 1.40. The van der Waals surface area contributed by atoms with Crippen molar-refractivity contribution in [3.8, 4) is 0 Å². The minimum atomic E-state index is 0.549. The molecule has 0 heterocycles. The summed E-state index contributed by atoms with van der Waals surface area (Å²) in [6.45, 7) is 2.28. The van der Waals surface area contributed by atoms with E-state index in [0.717, 1.165) is 10.9 Å². The Morgan fingerprint density at radius 2 is 2.06 bits per heavy atom. The maximum atomic E-state index is 3.72. The number of allylic oxidation sites excluding steroid dienone is 1. The van der Waals surface area contributed by atoms with Crippen LogP contribution in [0.15, 0.2) is 40.9 Å². The number of hydrogen-bond donors (Lipinski definition) is 1. The van der Waals surface area contributed by atoms with Crippen LogP contribution in [0.1, 0.15) is 31.7 Å². The average Bonchev–Trinajstić information content (AvgIpc) is 2.33. The second kappa shape index (κ2) is 6.36. The van der Waals surface area contributed by atoms with Crippen LogP contribution in [0.3, 0.4) is 0 Å². The first-order valence-electron chi connectivity index (χ1n) is 6.39. The standard InChI is InChI=1S/C15H20BrN/c1-12(17-15-5-3-2-4-6-15)11-13-7-9-14(16)10-8-13/h2-3,7-10,12,15,17H,4-6,11H2,1H3. The predicted molar refractivity (Wildman–Crippen MR) is 77.2 cm³/mol. The molecule has 2 rings (SSSR count). The molecule has 2 atom stereocenters. The molecule has 1 aliphatic rings. The fourth-order valence-electron chi connectivity index (χ4n) is 2.38. The number of halogens is 1. The first-order valence-corrected chi connectivity index (χ1v) is 7.19. The summed E-state index contributed by atoms with van der Waals surface area (Å²) in [5.74, 6) is 0. The van der Waals surface area contributed by atoms with Gasteiger partial charge in [-0.05, 0) is 50.3 Å². The Morgan fingerprint density at radius 3 is 2.71 bits per heavy atom. The van der Waals surface area contributed by atoms with E-state index in [-0.39, 0.29) is 0 Å². The van der Waals surface area contributed by atoms with E-state index in [1.165, 1.54) is 24.8 Å². The SMILES string of the molecule is CC(Cc1ccc(Br)cc1)NC1CC=CCC1. The van der Waals surface area contributed by atoms with Gasteiger partial charge in [-0.1, -0.05) is 40.2 Å². The number of benzene rings is 1. The summed E-state index contributed by atoms with van der Waals surface area (Å²) in [7, 11) is 0. The van der Waals surface area contributed by atoms with Crippen LogP contribution in [0.25, 0.3) is 0 Å². The van der Waals surface area contributed by atoms with E-state index in [0.29, 0.717) is 12.1 Å². The van der Waals surface area contributed by atoms with Crippen LogP contribution >= 0.6 is 15.9 Å². The molecule has 2 unspecified atom stereocenters. The Kier molecular flexibility index (Phi) is 4.81. The zero-order chi connectivity index (χ0) is 12.1. The highest BCUT2D eigenvalue weighted by Gasteiger charge is 2.12. The van der Waals surface area contributed by atoms with Crippen LogP contribution in [0.5, 0.6) is 0 Å². The maximum absolute atomic E-state index is 3.72. The average molecular weight is 294 g/mol. The van der Waals surface area contributed by atoms with Crippen molar-refractivity contribution in [3.63, 3.8) is 0 Å². The molecular formula is C15H20BrN. The molecule has 0 saturated carbocycles. The van der Waals surface area contributed by atoms with E-state index in [9.17, 15) is 0 Å². The van der Waals surface area contributed by atoms with E-state index in [4.69, 9.17) is 0 Å². The fourth-order valence-corrected chi connectivity index (χ4v) is 2.64. The molecule has 92 valence electrons. The van der Waals surface area contributed by atoms with Crippen LogP contribution in [0.2, 0.25) is 0 Å². The monoisotopic (exact) mass is 293 g/mol. The second-order valence-electron chi connectivity index (χ2n) is 4.88. The summed E-state index contributed by atoms with van der Waals surface area (Å²) in [6, 6.07) is 9.85. The highest BCUT2D eigenvalue weighted by molar-refractivity contribution is 9.10. The summed E-state index contributed by atoms with van der Waals surface area (Å²) >= 11 is 3.47. The van der Waals surface area contributed by atoms with Gasteiger partial charge < -0.3 is 5.32 Å². The topological polar surface area (TPSA) is 12.0 Å². The number of nitrogens with one attached hydrogen (secondary N) is 1. The summed E-state index contributed by atoms with van der Waals surface area (Å²) in [4.78, 5) is 0. The minimum absolute atomic E-state index is 0.549. The van der Waals surface area contributed by atoms with Crippen molar-refractivity contribution in [1.29, 1.82) is 0 Å². The van der Waals surface area contributed by atoms with E-state index >= 15 is 0 Å². The van der Waals surface area contributed by atoms with Gasteiger partial charge in [0.15, 0.2) is 0 Å². The lowest BCUT2D eigenvalue weighted by Gasteiger charge is -2.24. The zero-order valence-corrected chi connectivity index (χ0v) is 11.9. The van der Waals surface area contributed by atoms with Gasteiger partial charge in [-0.15, -0.1) is 0 Å². The molecule has 0 spiro atoms. The van der Waals surface area contributed by atoms with Crippen molar-refractivity contribution in [2.75, 3.05) is 0 Å². The van der Waals surface area contributed by atoms with Crippen LogP contribution in [-0.4, -0.2) is 12.1 Å². The largest absolute Gasteiger partial charge is 0.311 e. The van der Waals surface area contributed by atoms with Gasteiger partial charge >= 0.3 is 0 Å². The fraction of sp³-hybridized carbons (Fsp3) is 0.467. The molecule has 1 nitrogen and oxygen atoms in total. The predicted octanol–water partition coefficient (Wildman–Crippen LogP) is 4.08. The van der Waals surface area contributed by atoms with Crippen molar-refractivity contribution < 1.29 is 0 Å². The van der Waals surface area contributed by atoms with Gasteiger partial charge in [0.25, 0.3) is 0 Å². The van der Waals surface area contributed by atoms with Crippen LogP contribution < -0.4 is 5.32 Å². The van der Waals surface area contributed by atoms with E-state index in [1.54, 1.807) is 0 Å². The van der Waals surface area contributed by atoms with Crippen LogP contribution in [0, 0.1) is 0 Å². The van der Waals surface area contributed by atoms with Gasteiger partial charge in [0.05, 0.1) is 0 Å². The summed E-state index contributed by atoms with van der Waals surface area (Å²) in [5, 5.41) is 3.72. The lowest BCUT2D eigenvalue weighted by Crippen LogP contribution is -2.38. The quantitative estimate of drug-likeness (QED) is 0.825. The van der Waals surface area contributed by atoms with Crippen molar-refractivity contribution in [3.05, 3.63) is 46.5 Å². The van der Waals surface area contributed by atoms with Crippen LogP contribution in [-0.2, 0) is 6.42 Å². The van der Waals surface area contributed by atoms with Gasteiger partial charge in [-0.3, -0.25) is 0 Å². The molecular weight excluding hydrogens is 274 g/mol. The summed E-state index contributed by atoms with van der Waals surface area (Å²) < 4.78 is 1.15. The van der Waals surface area contributed by atoms with Crippen molar-refractivity contribution >= 4 is 15.9 Å². The number of hydrogen-bond acceptors (Lipinski definition) is 1. The normalized spacial score (nSPS) is 21.4. The third kappa shape index (κ3) is 4.29. The molecule has 0 aliphatic heterocycles. The molecule has 0 bridgehead atoms. The van der Waals surface area contributed by atoms with Gasteiger partial charge in [0.2, 0.25) is 0 Å². The first-order chi connectivity index (χ1) is 8.24. The van der Waals surface area contributed by atoms with Crippen LogP contribution in [0.4, 0.5) is 0 Å². The second-order valence-corrected chi connectivity index (χ2v) is 5.80. The maximum Gasteiger partial charge on any atom is 0.0175 e. The Hall–Kier alpha value is -0.600. The molecule has 1 aromatic rings. The van der Waals surface area contributed by atoms with Gasteiger partial charge in [-0.2, -0.15) is 0 Å². The van der Waals surface area contributed by atoms with E-state index in [1.807, 2.05) is 0 Å². The third-order valence-electron chi connectivity index (χ3n) is 3.24. The Labute approximate surface area is 112 Å². The molecule has 1 N–H and O–H groups in total. The van der Waals surface area contributed by atoms with Crippen molar-refractivity contribution in [2.24, 2.45) is 0 Å². The van der Waals surface area contributed by atoms with E-state index < -0.39 is 0 Å². The molecule has 0 saturated heterocycles. The first kappa shape index (κ1) is 12.8.